The van der Waals surface area contributed by atoms with Gasteiger partial charge in [-0.15, -0.1) is 0 Å². The maximum absolute atomic E-state index is 11.7. The summed E-state index contributed by atoms with van der Waals surface area (Å²) in [5, 5.41) is 0.774. The maximum atomic E-state index is 11.7. The summed E-state index contributed by atoms with van der Waals surface area (Å²) in [7, 11) is 0. The Labute approximate surface area is 109 Å². The minimum Gasteiger partial charge on any atom is -0.423 e. The second-order valence-corrected chi connectivity index (χ2v) is 4.15. The molecular formula is C13H8Cl2O2. The third kappa shape index (κ3) is 2.99. The highest BCUT2D eigenvalue weighted by Crippen LogP contribution is 2.26. The monoisotopic (exact) mass is 266 g/mol. The first kappa shape index (κ1) is 12.0. The van der Waals surface area contributed by atoms with Gasteiger partial charge in [0.2, 0.25) is 0 Å². The van der Waals surface area contributed by atoms with Crippen LogP contribution in [0.5, 0.6) is 5.75 Å². The van der Waals surface area contributed by atoms with E-state index in [-0.39, 0.29) is 0 Å². The molecule has 0 heterocycles. The molecule has 0 aliphatic rings. The van der Waals surface area contributed by atoms with Crippen LogP contribution < -0.4 is 4.74 Å². The summed E-state index contributed by atoms with van der Waals surface area (Å²) in [5.41, 5.74) is 0.485. The van der Waals surface area contributed by atoms with Crippen LogP contribution in [0.2, 0.25) is 10.0 Å². The van der Waals surface area contributed by atoms with Crippen molar-refractivity contribution in [3.05, 3.63) is 64.1 Å². The lowest BCUT2D eigenvalue weighted by Crippen LogP contribution is -2.07. The lowest BCUT2D eigenvalue weighted by Gasteiger charge is -2.05. The molecule has 0 aliphatic heterocycles. The fourth-order valence-electron chi connectivity index (χ4n) is 1.28. The molecule has 2 rings (SSSR count). The summed E-state index contributed by atoms with van der Waals surface area (Å²) >= 11 is 11.6. The Morgan fingerprint density at radius 2 is 1.65 bits per heavy atom. The predicted octanol–water partition coefficient (Wildman–Crippen LogP) is 4.21. The van der Waals surface area contributed by atoms with Gasteiger partial charge in [0.15, 0.2) is 0 Å². The van der Waals surface area contributed by atoms with Gasteiger partial charge >= 0.3 is 5.97 Å². The highest BCUT2D eigenvalue weighted by molar-refractivity contribution is 6.42. The van der Waals surface area contributed by atoms with Crippen molar-refractivity contribution in [3.8, 4) is 5.75 Å². The van der Waals surface area contributed by atoms with E-state index in [1.165, 1.54) is 6.07 Å². The third-order valence-electron chi connectivity index (χ3n) is 2.11. The predicted molar refractivity (Wildman–Crippen MR) is 67.9 cm³/mol. The molecule has 0 amide bonds. The zero-order valence-corrected chi connectivity index (χ0v) is 10.2. The number of ether oxygens (including phenoxy) is 1. The van der Waals surface area contributed by atoms with E-state index in [1.54, 1.807) is 36.4 Å². The minimum absolute atomic E-state index is 0.352. The number of carbonyl (C=O) groups excluding carboxylic acids is 1. The molecule has 0 aromatic heterocycles. The van der Waals surface area contributed by atoms with Gasteiger partial charge in [-0.2, -0.15) is 0 Å². The van der Waals surface area contributed by atoms with Gasteiger partial charge < -0.3 is 4.74 Å². The Bertz CT molecular complexity index is 538. The third-order valence-corrected chi connectivity index (χ3v) is 2.85. The van der Waals surface area contributed by atoms with Crippen LogP contribution in [0.25, 0.3) is 0 Å². The molecule has 0 atom stereocenters. The lowest BCUT2D eigenvalue weighted by atomic mass is 10.2. The minimum atomic E-state index is -0.427. The van der Waals surface area contributed by atoms with E-state index < -0.39 is 5.97 Å². The molecule has 0 radical (unpaired) electrons. The molecule has 0 aliphatic carbocycles. The van der Waals surface area contributed by atoms with Crippen molar-refractivity contribution in [3.63, 3.8) is 0 Å². The number of carbonyl (C=O) groups is 1. The molecule has 86 valence electrons. The average Bonchev–Trinajstić information content (AvgIpc) is 2.35. The molecule has 0 saturated heterocycles. The summed E-state index contributed by atoms with van der Waals surface area (Å²) < 4.78 is 5.15. The van der Waals surface area contributed by atoms with Crippen molar-refractivity contribution < 1.29 is 9.53 Å². The van der Waals surface area contributed by atoms with Crippen LogP contribution in [0, 0.1) is 0 Å². The van der Waals surface area contributed by atoms with Crippen LogP contribution in [0.15, 0.2) is 48.5 Å². The number of hydrogen-bond donors (Lipinski definition) is 0. The van der Waals surface area contributed by atoms with Crippen LogP contribution >= 0.6 is 23.2 Å². The van der Waals surface area contributed by atoms with Crippen LogP contribution in [-0.4, -0.2) is 5.97 Å². The van der Waals surface area contributed by atoms with E-state index in [9.17, 15) is 4.79 Å². The van der Waals surface area contributed by atoms with Crippen molar-refractivity contribution in [2.75, 3.05) is 0 Å². The summed E-state index contributed by atoms with van der Waals surface area (Å²) in [6.07, 6.45) is 0. The summed E-state index contributed by atoms with van der Waals surface area (Å²) in [5.74, 6) is -0.0581. The Kier molecular flexibility index (Phi) is 3.67. The van der Waals surface area contributed by atoms with Gasteiger partial charge in [0.25, 0.3) is 0 Å². The normalized spacial score (nSPS) is 10.0. The topological polar surface area (TPSA) is 26.3 Å². The first-order valence-corrected chi connectivity index (χ1v) is 5.64. The van der Waals surface area contributed by atoms with Gasteiger partial charge in [-0.3, -0.25) is 0 Å². The number of benzene rings is 2. The van der Waals surface area contributed by atoms with Gasteiger partial charge in [-0.05, 0) is 24.3 Å². The first-order valence-electron chi connectivity index (χ1n) is 4.89. The van der Waals surface area contributed by atoms with Crippen molar-refractivity contribution >= 4 is 29.2 Å². The zero-order chi connectivity index (χ0) is 12.3. The molecule has 4 heteroatoms. The molecular weight excluding hydrogens is 259 g/mol. The molecule has 2 aromatic rings. The van der Waals surface area contributed by atoms with Gasteiger partial charge in [0.1, 0.15) is 5.75 Å². The number of rotatable bonds is 2. The Morgan fingerprint density at radius 3 is 2.29 bits per heavy atom. The van der Waals surface area contributed by atoms with Gasteiger partial charge in [-0.25, -0.2) is 4.79 Å². The summed E-state index contributed by atoms with van der Waals surface area (Å²) in [6, 6.07) is 13.4. The fourth-order valence-corrected chi connectivity index (χ4v) is 1.57. The molecule has 2 nitrogen and oxygen atoms in total. The van der Waals surface area contributed by atoms with Crippen LogP contribution in [0.3, 0.4) is 0 Å². The van der Waals surface area contributed by atoms with Crippen LogP contribution in [0.1, 0.15) is 10.4 Å². The Balaban J connectivity index is 2.16. The molecule has 0 fully saturated rings. The largest absolute Gasteiger partial charge is 0.423 e. The van der Waals surface area contributed by atoms with Gasteiger partial charge in [0.05, 0.1) is 15.6 Å². The van der Waals surface area contributed by atoms with Crippen LogP contribution in [0.4, 0.5) is 0 Å². The molecule has 0 spiro atoms. The van der Waals surface area contributed by atoms with E-state index in [2.05, 4.69) is 0 Å². The number of hydrogen-bond acceptors (Lipinski definition) is 2. The lowest BCUT2D eigenvalue weighted by molar-refractivity contribution is 0.0735. The van der Waals surface area contributed by atoms with Crippen molar-refractivity contribution in [1.29, 1.82) is 0 Å². The second-order valence-electron chi connectivity index (χ2n) is 3.33. The van der Waals surface area contributed by atoms with E-state index in [0.29, 0.717) is 21.4 Å². The number of esters is 1. The highest BCUT2D eigenvalue weighted by atomic mass is 35.5. The quantitative estimate of drug-likeness (QED) is 0.601. The van der Waals surface area contributed by atoms with E-state index >= 15 is 0 Å². The molecule has 0 saturated carbocycles. The standard InChI is InChI=1S/C13H8Cl2O2/c14-11-7-6-10(8-12(11)15)17-13(16)9-4-2-1-3-5-9/h1-8H. The molecule has 0 N–H and O–H groups in total. The van der Waals surface area contributed by atoms with E-state index in [4.69, 9.17) is 27.9 Å². The Hall–Kier alpha value is -1.51. The molecule has 0 unspecified atom stereocenters. The smallest absolute Gasteiger partial charge is 0.343 e. The van der Waals surface area contributed by atoms with E-state index in [1.807, 2.05) is 6.07 Å². The second kappa shape index (κ2) is 5.21. The summed E-state index contributed by atoms with van der Waals surface area (Å²) in [4.78, 5) is 11.7. The maximum Gasteiger partial charge on any atom is 0.343 e. The zero-order valence-electron chi connectivity index (χ0n) is 8.69. The van der Waals surface area contributed by atoms with Crippen molar-refractivity contribution in [1.82, 2.24) is 0 Å². The average molecular weight is 267 g/mol. The van der Waals surface area contributed by atoms with Gasteiger partial charge in [-0.1, -0.05) is 41.4 Å². The SMILES string of the molecule is O=C(Oc1ccc(Cl)c(Cl)c1)c1ccccc1. The fraction of sp³-hybridized carbons (Fsp3) is 0. The molecule has 17 heavy (non-hydrogen) atoms. The van der Waals surface area contributed by atoms with Crippen molar-refractivity contribution in [2.45, 2.75) is 0 Å². The number of halogens is 2. The molecule has 2 aromatic carbocycles. The van der Waals surface area contributed by atoms with Crippen molar-refractivity contribution in [2.24, 2.45) is 0 Å². The highest BCUT2D eigenvalue weighted by Gasteiger charge is 2.08. The van der Waals surface area contributed by atoms with Crippen LogP contribution in [-0.2, 0) is 0 Å². The first-order chi connectivity index (χ1) is 8.16. The Morgan fingerprint density at radius 1 is 0.941 bits per heavy atom. The summed E-state index contributed by atoms with van der Waals surface area (Å²) in [6.45, 7) is 0. The molecule has 0 bridgehead atoms. The van der Waals surface area contributed by atoms with Gasteiger partial charge in [0, 0.05) is 6.07 Å². The van der Waals surface area contributed by atoms with E-state index in [0.717, 1.165) is 0 Å².